The van der Waals surface area contributed by atoms with Gasteiger partial charge in [0.25, 0.3) is 0 Å². The maximum absolute atomic E-state index is 12.1. The molecule has 0 aromatic heterocycles. The number of sulfonamides is 1. The molecule has 108 valence electrons. The van der Waals surface area contributed by atoms with Crippen LogP contribution in [0.2, 0.25) is 0 Å². The van der Waals surface area contributed by atoms with E-state index in [1.807, 2.05) is 13.8 Å². The van der Waals surface area contributed by atoms with Crippen molar-refractivity contribution in [1.82, 2.24) is 5.32 Å². The predicted molar refractivity (Wildman–Crippen MR) is 78.2 cm³/mol. The fourth-order valence-electron chi connectivity index (χ4n) is 1.54. The van der Waals surface area contributed by atoms with E-state index in [0.29, 0.717) is 24.6 Å². The molecule has 0 aliphatic carbocycles. The monoisotopic (exact) mass is 286 g/mol. The van der Waals surface area contributed by atoms with Gasteiger partial charge in [-0.15, -0.1) is 0 Å². The average Bonchev–Trinajstić information content (AvgIpc) is 2.36. The van der Waals surface area contributed by atoms with Gasteiger partial charge >= 0.3 is 0 Å². The molecule has 1 unspecified atom stereocenters. The molecule has 1 aromatic carbocycles. The minimum Gasteiger partial charge on any atom is -0.494 e. The van der Waals surface area contributed by atoms with Crippen LogP contribution in [0.3, 0.4) is 0 Å². The lowest BCUT2D eigenvalue weighted by molar-refractivity contribution is 0.340. The van der Waals surface area contributed by atoms with Crippen LogP contribution in [0.25, 0.3) is 0 Å². The highest BCUT2D eigenvalue weighted by atomic mass is 32.2. The third-order valence-corrected chi connectivity index (χ3v) is 4.36. The van der Waals surface area contributed by atoms with Crippen LogP contribution in [0.5, 0.6) is 5.75 Å². The van der Waals surface area contributed by atoms with Gasteiger partial charge in [-0.3, -0.25) is 4.72 Å². The van der Waals surface area contributed by atoms with E-state index in [2.05, 4.69) is 10.0 Å². The van der Waals surface area contributed by atoms with Gasteiger partial charge in [-0.1, -0.05) is 13.0 Å². The van der Waals surface area contributed by atoms with Crippen LogP contribution >= 0.6 is 0 Å². The summed E-state index contributed by atoms with van der Waals surface area (Å²) < 4.78 is 32.1. The van der Waals surface area contributed by atoms with Gasteiger partial charge in [0.2, 0.25) is 10.0 Å². The van der Waals surface area contributed by atoms with Gasteiger partial charge in [-0.05, 0) is 32.5 Å². The zero-order valence-corrected chi connectivity index (χ0v) is 12.5. The molecule has 2 N–H and O–H groups in total. The molecule has 0 saturated carbocycles. The summed E-state index contributed by atoms with van der Waals surface area (Å²) in [5.74, 6) is 0.655. The van der Waals surface area contributed by atoms with Crippen LogP contribution in [0.15, 0.2) is 24.3 Å². The second kappa shape index (κ2) is 7.35. The van der Waals surface area contributed by atoms with Gasteiger partial charge in [0.1, 0.15) is 5.75 Å². The highest BCUT2D eigenvalue weighted by molar-refractivity contribution is 7.93. The molecule has 6 heteroatoms. The molecule has 0 saturated heterocycles. The fraction of sp³-hybridized carbons (Fsp3) is 0.538. The van der Waals surface area contributed by atoms with Crippen LogP contribution < -0.4 is 14.8 Å². The number of hydrogen-bond donors (Lipinski definition) is 2. The van der Waals surface area contributed by atoms with Gasteiger partial charge < -0.3 is 10.1 Å². The van der Waals surface area contributed by atoms with Crippen LogP contribution in [-0.4, -0.2) is 33.4 Å². The minimum atomic E-state index is -3.39. The molecule has 19 heavy (non-hydrogen) atoms. The standard InChI is InChI=1S/C13H22N2O3S/c1-4-14-10-11(3)19(16,17)15-12-7-6-8-13(9-12)18-5-2/h6-9,11,14-15H,4-5,10H2,1-3H3. The highest BCUT2D eigenvalue weighted by Crippen LogP contribution is 2.19. The fourth-order valence-corrected chi connectivity index (χ4v) is 2.53. The van der Waals surface area contributed by atoms with E-state index < -0.39 is 15.3 Å². The van der Waals surface area contributed by atoms with Crippen molar-refractivity contribution in [3.8, 4) is 5.75 Å². The Morgan fingerprint density at radius 2 is 2.05 bits per heavy atom. The quantitative estimate of drug-likeness (QED) is 0.765. The second-order valence-corrected chi connectivity index (χ2v) is 6.33. The predicted octanol–water partition coefficient (Wildman–Crippen LogP) is 1.82. The van der Waals surface area contributed by atoms with Crippen molar-refractivity contribution < 1.29 is 13.2 Å². The summed E-state index contributed by atoms with van der Waals surface area (Å²) in [5.41, 5.74) is 0.522. The van der Waals surface area contributed by atoms with E-state index in [1.54, 1.807) is 31.2 Å². The van der Waals surface area contributed by atoms with Crippen LogP contribution in [0.1, 0.15) is 20.8 Å². The molecule has 1 rings (SSSR count). The molecule has 1 atom stereocenters. The Bertz CT molecular complexity index is 488. The minimum absolute atomic E-state index is 0.428. The van der Waals surface area contributed by atoms with Crippen molar-refractivity contribution in [2.24, 2.45) is 0 Å². The molecule has 0 spiro atoms. The maximum Gasteiger partial charge on any atom is 0.236 e. The zero-order valence-electron chi connectivity index (χ0n) is 11.6. The average molecular weight is 286 g/mol. The number of anilines is 1. The van der Waals surface area contributed by atoms with Gasteiger partial charge in [0.15, 0.2) is 0 Å². The van der Waals surface area contributed by atoms with Gasteiger partial charge in [0.05, 0.1) is 17.5 Å². The van der Waals surface area contributed by atoms with Crippen LogP contribution in [0, 0.1) is 0 Å². The highest BCUT2D eigenvalue weighted by Gasteiger charge is 2.20. The molecule has 0 bridgehead atoms. The number of rotatable bonds is 8. The van der Waals surface area contributed by atoms with Crippen LogP contribution in [0.4, 0.5) is 5.69 Å². The Kier molecular flexibility index (Phi) is 6.11. The topological polar surface area (TPSA) is 67.4 Å². The summed E-state index contributed by atoms with van der Waals surface area (Å²) in [6.07, 6.45) is 0. The van der Waals surface area contributed by atoms with Crippen molar-refractivity contribution in [2.45, 2.75) is 26.0 Å². The van der Waals surface area contributed by atoms with E-state index in [4.69, 9.17) is 4.74 Å². The first-order chi connectivity index (χ1) is 8.99. The van der Waals surface area contributed by atoms with Crippen molar-refractivity contribution >= 4 is 15.7 Å². The number of nitrogens with one attached hydrogen (secondary N) is 2. The van der Waals surface area contributed by atoms with Crippen molar-refractivity contribution in [2.75, 3.05) is 24.4 Å². The summed E-state index contributed by atoms with van der Waals surface area (Å²) in [7, 11) is -3.39. The van der Waals surface area contributed by atoms with E-state index >= 15 is 0 Å². The Hall–Kier alpha value is -1.27. The maximum atomic E-state index is 12.1. The van der Waals surface area contributed by atoms with E-state index in [-0.39, 0.29) is 0 Å². The molecule has 0 amide bonds. The van der Waals surface area contributed by atoms with E-state index in [0.717, 1.165) is 6.54 Å². The number of ether oxygens (including phenoxy) is 1. The molecule has 5 nitrogen and oxygen atoms in total. The first-order valence-electron chi connectivity index (χ1n) is 6.44. The van der Waals surface area contributed by atoms with E-state index in [9.17, 15) is 8.42 Å². The first-order valence-corrected chi connectivity index (χ1v) is 7.99. The summed E-state index contributed by atoms with van der Waals surface area (Å²) in [6.45, 7) is 7.23. The SMILES string of the molecule is CCNCC(C)S(=O)(=O)Nc1cccc(OCC)c1. The third-order valence-electron chi connectivity index (χ3n) is 2.62. The molecule has 0 aliphatic heterocycles. The first kappa shape index (κ1) is 15.8. The summed E-state index contributed by atoms with van der Waals surface area (Å²) in [6, 6.07) is 6.95. The van der Waals surface area contributed by atoms with Gasteiger partial charge in [-0.2, -0.15) is 0 Å². The Balaban J connectivity index is 2.74. The number of hydrogen-bond acceptors (Lipinski definition) is 4. The van der Waals surface area contributed by atoms with Gasteiger partial charge in [0, 0.05) is 12.6 Å². The lowest BCUT2D eigenvalue weighted by atomic mass is 10.3. The Labute approximate surface area is 115 Å². The van der Waals surface area contributed by atoms with Gasteiger partial charge in [-0.25, -0.2) is 8.42 Å². The van der Waals surface area contributed by atoms with E-state index in [1.165, 1.54) is 0 Å². The molecule has 0 heterocycles. The third kappa shape index (κ3) is 5.08. The molecular weight excluding hydrogens is 264 g/mol. The summed E-state index contributed by atoms with van der Waals surface area (Å²) in [4.78, 5) is 0. The smallest absolute Gasteiger partial charge is 0.236 e. The molecule has 0 radical (unpaired) electrons. The van der Waals surface area contributed by atoms with Crippen LogP contribution in [-0.2, 0) is 10.0 Å². The molecule has 0 fully saturated rings. The summed E-state index contributed by atoms with van der Waals surface area (Å²) in [5, 5.41) is 2.53. The molecule has 1 aromatic rings. The van der Waals surface area contributed by atoms with Crippen molar-refractivity contribution in [3.05, 3.63) is 24.3 Å². The Morgan fingerprint density at radius 3 is 2.68 bits per heavy atom. The second-order valence-electron chi connectivity index (χ2n) is 4.23. The largest absolute Gasteiger partial charge is 0.494 e. The van der Waals surface area contributed by atoms with Crippen molar-refractivity contribution in [1.29, 1.82) is 0 Å². The summed E-state index contributed by atoms with van der Waals surface area (Å²) >= 11 is 0. The normalized spacial score (nSPS) is 13.0. The Morgan fingerprint density at radius 1 is 1.32 bits per heavy atom. The lowest BCUT2D eigenvalue weighted by Crippen LogP contribution is -2.34. The zero-order chi connectivity index (χ0) is 14.3. The lowest BCUT2D eigenvalue weighted by Gasteiger charge is -2.15. The molecule has 0 aliphatic rings. The molecular formula is C13H22N2O3S. The number of benzene rings is 1. The van der Waals surface area contributed by atoms with Crippen molar-refractivity contribution in [3.63, 3.8) is 0 Å².